The van der Waals surface area contributed by atoms with Gasteiger partial charge in [-0.05, 0) is 48.7 Å². The first kappa shape index (κ1) is 24.8. The summed E-state index contributed by atoms with van der Waals surface area (Å²) in [4.78, 5) is 12.5. The summed E-state index contributed by atoms with van der Waals surface area (Å²) in [5.74, 6) is -3.25. The molecule has 0 unspecified atom stereocenters. The number of hydrogen-bond donors (Lipinski definition) is 0. The van der Waals surface area contributed by atoms with E-state index in [4.69, 9.17) is 9.47 Å². The molecule has 4 aromatic rings. The van der Waals surface area contributed by atoms with E-state index in [1.54, 1.807) is 18.2 Å². The molecule has 36 heavy (non-hydrogen) atoms. The first-order valence-corrected chi connectivity index (χ1v) is 11.3. The van der Waals surface area contributed by atoms with Crippen molar-refractivity contribution in [2.75, 3.05) is 6.61 Å². The van der Waals surface area contributed by atoms with Crippen LogP contribution in [0, 0.1) is 24.4 Å². The summed E-state index contributed by atoms with van der Waals surface area (Å²) < 4.78 is 54.5. The molecule has 0 aliphatic rings. The van der Waals surface area contributed by atoms with E-state index >= 15 is 0 Å². The van der Waals surface area contributed by atoms with Crippen molar-refractivity contribution in [2.24, 2.45) is 0 Å². The Labute approximate surface area is 207 Å². The fraction of sp³-hybridized carbons (Fsp3) is 0.100. The van der Waals surface area contributed by atoms with Crippen LogP contribution >= 0.6 is 0 Å². The fourth-order valence-corrected chi connectivity index (χ4v) is 3.59. The van der Waals surface area contributed by atoms with Gasteiger partial charge in [-0.25, -0.2) is 18.0 Å². The third-order valence-corrected chi connectivity index (χ3v) is 5.57. The van der Waals surface area contributed by atoms with Gasteiger partial charge in [-0.1, -0.05) is 60.2 Å². The molecular formula is C30H23F3O3. The molecule has 0 radical (unpaired) electrons. The fourth-order valence-electron chi connectivity index (χ4n) is 3.59. The molecule has 0 saturated carbocycles. The minimum atomic E-state index is -0.978. The van der Waals surface area contributed by atoms with Crippen LogP contribution < -0.4 is 9.47 Å². The largest absolute Gasteiger partial charge is 0.490 e. The number of carbonyl (C=O) groups excluding carboxylic acids is 1. The number of carbonyl (C=O) groups is 1. The highest BCUT2D eigenvalue weighted by molar-refractivity contribution is 5.91. The van der Waals surface area contributed by atoms with Crippen LogP contribution in [-0.2, 0) is 0 Å². The van der Waals surface area contributed by atoms with Crippen molar-refractivity contribution in [3.05, 3.63) is 120 Å². The Morgan fingerprint density at radius 2 is 1.42 bits per heavy atom. The molecule has 0 heterocycles. The predicted molar refractivity (Wildman–Crippen MR) is 134 cm³/mol. The van der Waals surface area contributed by atoms with E-state index in [-0.39, 0.29) is 34.8 Å². The highest BCUT2D eigenvalue weighted by Gasteiger charge is 2.17. The predicted octanol–water partition coefficient (Wildman–Crippen LogP) is 7.92. The Hall–Kier alpha value is -4.32. The molecule has 4 rings (SSSR count). The van der Waals surface area contributed by atoms with Crippen LogP contribution in [0.2, 0.25) is 0 Å². The van der Waals surface area contributed by atoms with Crippen molar-refractivity contribution in [3.63, 3.8) is 0 Å². The van der Waals surface area contributed by atoms with E-state index < -0.39 is 23.4 Å². The highest BCUT2D eigenvalue weighted by atomic mass is 19.2. The lowest BCUT2D eigenvalue weighted by molar-refractivity contribution is 0.0734. The molecule has 0 atom stereocenters. The molecule has 4 aromatic carbocycles. The Morgan fingerprint density at radius 3 is 1.97 bits per heavy atom. The molecule has 0 fully saturated rings. The maximum atomic E-state index is 14.9. The second-order valence-corrected chi connectivity index (χ2v) is 8.14. The summed E-state index contributed by atoms with van der Waals surface area (Å²) in [5, 5.41) is 0. The number of esters is 1. The van der Waals surface area contributed by atoms with E-state index in [0.717, 1.165) is 11.6 Å². The molecule has 0 aromatic heterocycles. The monoisotopic (exact) mass is 488 g/mol. The molecule has 6 heteroatoms. The van der Waals surface area contributed by atoms with Crippen LogP contribution in [0.5, 0.6) is 11.5 Å². The molecule has 0 N–H and O–H groups in total. The number of halogens is 3. The Balaban J connectivity index is 1.48. The molecule has 3 nitrogen and oxygen atoms in total. The van der Waals surface area contributed by atoms with Gasteiger partial charge in [-0.2, -0.15) is 0 Å². The zero-order valence-electron chi connectivity index (χ0n) is 19.6. The van der Waals surface area contributed by atoms with Crippen LogP contribution in [0.3, 0.4) is 0 Å². The van der Waals surface area contributed by atoms with Crippen LogP contribution in [0.25, 0.3) is 22.3 Å². The zero-order chi connectivity index (χ0) is 25.7. The standard InChI is InChI=1S/C30H23F3O3/c1-3-4-17-35-27-16-13-23(18-26(27)31)36-30(34)22-11-9-21(10-12-22)25-15-14-24(28(32)29(25)33)20-7-5-19(2)6-8-20/h3,5-16,18H,1,4,17H2,2H3. The van der Waals surface area contributed by atoms with E-state index in [0.29, 0.717) is 17.5 Å². The van der Waals surface area contributed by atoms with Gasteiger partial charge in [0.15, 0.2) is 23.2 Å². The zero-order valence-corrected chi connectivity index (χ0v) is 19.6. The second kappa shape index (κ2) is 11.0. The van der Waals surface area contributed by atoms with E-state index in [9.17, 15) is 18.0 Å². The van der Waals surface area contributed by atoms with Crippen molar-refractivity contribution >= 4 is 5.97 Å². The first-order chi connectivity index (χ1) is 17.4. The maximum Gasteiger partial charge on any atom is 0.343 e. The first-order valence-electron chi connectivity index (χ1n) is 11.3. The van der Waals surface area contributed by atoms with Crippen LogP contribution in [0.1, 0.15) is 22.3 Å². The van der Waals surface area contributed by atoms with Crippen LogP contribution in [0.15, 0.2) is 91.5 Å². The molecule has 0 aliphatic heterocycles. The average Bonchev–Trinajstić information content (AvgIpc) is 2.88. The smallest absolute Gasteiger partial charge is 0.343 e. The number of rotatable bonds is 8. The number of hydrogen-bond acceptors (Lipinski definition) is 3. The summed E-state index contributed by atoms with van der Waals surface area (Å²) in [7, 11) is 0. The van der Waals surface area contributed by atoms with Gasteiger partial charge in [0.05, 0.1) is 12.2 Å². The van der Waals surface area contributed by atoms with Gasteiger partial charge in [0.1, 0.15) is 5.75 Å². The maximum absolute atomic E-state index is 14.9. The summed E-state index contributed by atoms with van der Waals surface area (Å²) >= 11 is 0. The van der Waals surface area contributed by atoms with Crippen LogP contribution in [0.4, 0.5) is 13.2 Å². The Morgan fingerprint density at radius 1 is 0.833 bits per heavy atom. The molecular weight excluding hydrogens is 465 g/mol. The van der Waals surface area contributed by atoms with Gasteiger partial charge >= 0.3 is 5.97 Å². The second-order valence-electron chi connectivity index (χ2n) is 8.14. The highest BCUT2D eigenvalue weighted by Crippen LogP contribution is 2.32. The molecule has 0 amide bonds. The van der Waals surface area contributed by atoms with E-state index in [1.807, 2.05) is 19.1 Å². The van der Waals surface area contributed by atoms with Gasteiger partial charge in [0, 0.05) is 17.2 Å². The van der Waals surface area contributed by atoms with Crippen LogP contribution in [-0.4, -0.2) is 12.6 Å². The average molecular weight is 489 g/mol. The summed E-state index contributed by atoms with van der Waals surface area (Å²) in [6, 6.07) is 19.9. The van der Waals surface area contributed by atoms with Crippen molar-refractivity contribution in [1.29, 1.82) is 0 Å². The minimum absolute atomic E-state index is 0.0115. The summed E-state index contributed by atoms with van der Waals surface area (Å²) in [6.45, 7) is 5.77. The van der Waals surface area contributed by atoms with Gasteiger partial charge in [0.25, 0.3) is 0 Å². The number of aryl methyl sites for hydroxylation is 1. The third kappa shape index (κ3) is 5.49. The quantitative estimate of drug-likeness (QED) is 0.109. The lowest BCUT2D eigenvalue weighted by Gasteiger charge is -2.11. The molecule has 0 saturated heterocycles. The van der Waals surface area contributed by atoms with E-state index in [1.165, 1.54) is 48.5 Å². The SMILES string of the molecule is C=CCCOc1ccc(OC(=O)c2ccc(-c3ccc(-c4ccc(C)cc4)c(F)c3F)cc2)cc1F. The number of benzene rings is 4. The molecule has 182 valence electrons. The minimum Gasteiger partial charge on any atom is -0.490 e. The normalized spacial score (nSPS) is 10.7. The van der Waals surface area contributed by atoms with Gasteiger partial charge in [-0.3, -0.25) is 0 Å². The lowest BCUT2D eigenvalue weighted by atomic mass is 9.98. The van der Waals surface area contributed by atoms with Crippen molar-refractivity contribution in [1.82, 2.24) is 0 Å². The van der Waals surface area contributed by atoms with Crippen molar-refractivity contribution in [2.45, 2.75) is 13.3 Å². The van der Waals surface area contributed by atoms with E-state index in [2.05, 4.69) is 6.58 Å². The molecule has 0 aliphatic carbocycles. The third-order valence-electron chi connectivity index (χ3n) is 5.57. The summed E-state index contributed by atoms with van der Waals surface area (Å²) in [5.41, 5.74) is 2.39. The molecule has 0 spiro atoms. The Bertz CT molecular complexity index is 1390. The summed E-state index contributed by atoms with van der Waals surface area (Å²) in [6.07, 6.45) is 2.23. The number of ether oxygens (including phenoxy) is 2. The lowest BCUT2D eigenvalue weighted by Crippen LogP contribution is -2.08. The van der Waals surface area contributed by atoms with Crippen molar-refractivity contribution in [3.8, 4) is 33.8 Å². The van der Waals surface area contributed by atoms with Crippen molar-refractivity contribution < 1.29 is 27.4 Å². The van der Waals surface area contributed by atoms with Gasteiger partial charge < -0.3 is 9.47 Å². The van der Waals surface area contributed by atoms with Gasteiger partial charge in [0.2, 0.25) is 0 Å². The Kier molecular flexibility index (Phi) is 7.54. The molecule has 0 bridgehead atoms. The van der Waals surface area contributed by atoms with Gasteiger partial charge in [-0.15, -0.1) is 6.58 Å². The topological polar surface area (TPSA) is 35.5 Å².